The van der Waals surface area contributed by atoms with Crippen LogP contribution in [0.3, 0.4) is 0 Å². The Hall–Kier alpha value is -1.55. The van der Waals surface area contributed by atoms with Crippen LogP contribution in [0.2, 0.25) is 0 Å². The van der Waals surface area contributed by atoms with Gasteiger partial charge in [-0.05, 0) is 25.0 Å². The zero-order chi connectivity index (χ0) is 12.3. The summed E-state index contributed by atoms with van der Waals surface area (Å²) in [4.78, 5) is 12.1. The molecule has 0 bridgehead atoms. The standard InChI is InChI=1S/C13H18N2O2/c14-11-6-2-1-5-10(11)12(17)15-13(9-16)7-3-4-8-13/h1-2,5-6,16H,3-4,7-9,14H2,(H,15,17). The molecular formula is C13H18N2O2. The van der Waals surface area contributed by atoms with E-state index in [4.69, 9.17) is 5.73 Å². The van der Waals surface area contributed by atoms with Gasteiger partial charge in [0, 0.05) is 5.69 Å². The minimum absolute atomic E-state index is 0.00845. The fourth-order valence-corrected chi connectivity index (χ4v) is 2.39. The fraction of sp³-hybridized carbons (Fsp3) is 0.462. The second-order valence-electron chi connectivity index (χ2n) is 4.69. The summed E-state index contributed by atoms with van der Waals surface area (Å²) in [7, 11) is 0. The van der Waals surface area contributed by atoms with Crippen LogP contribution in [0.15, 0.2) is 24.3 Å². The summed E-state index contributed by atoms with van der Waals surface area (Å²) < 4.78 is 0. The predicted octanol–water partition coefficient (Wildman–Crippen LogP) is 1.30. The van der Waals surface area contributed by atoms with E-state index in [-0.39, 0.29) is 12.5 Å². The lowest BCUT2D eigenvalue weighted by atomic mass is 9.98. The third-order valence-electron chi connectivity index (χ3n) is 3.45. The number of carbonyl (C=O) groups excluding carboxylic acids is 1. The third-order valence-corrected chi connectivity index (χ3v) is 3.45. The van der Waals surface area contributed by atoms with Gasteiger partial charge in [0.15, 0.2) is 0 Å². The lowest BCUT2D eigenvalue weighted by molar-refractivity contribution is 0.0839. The van der Waals surface area contributed by atoms with Gasteiger partial charge in [-0.25, -0.2) is 0 Å². The molecular weight excluding hydrogens is 216 g/mol. The van der Waals surface area contributed by atoms with E-state index in [9.17, 15) is 9.90 Å². The van der Waals surface area contributed by atoms with Crippen LogP contribution in [0.1, 0.15) is 36.0 Å². The van der Waals surface area contributed by atoms with Crippen LogP contribution < -0.4 is 11.1 Å². The van der Waals surface area contributed by atoms with Crippen molar-refractivity contribution in [1.29, 1.82) is 0 Å². The van der Waals surface area contributed by atoms with Crippen LogP contribution >= 0.6 is 0 Å². The van der Waals surface area contributed by atoms with Gasteiger partial charge in [-0.3, -0.25) is 4.79 Å². The molecule has 4 nitrogen and oxygen atoms in total. The van der Waals surface area contributed by atoms with Crippen molar-refractivity contribution in [2.24, 2.45) is 0 Å². The van der Waals surface area contributed by atoms with Gasteiger partial charge in [-0.1, -0.05) is 25.0 Å². The van der Waals surface area contributed by atoms with Gasteiger partial charge >= 0.3 is 0 Å². The van der Waals surface area contributed by atoms with Crippen LogP contribution in [0.4, 0.5) is 5.69 Å². The highest BCUT2D eigenvalue weighted by Crippen LogP contribution is 2.29. The highest BCUT2D eigenvalue weighted by molar-refractivity contribution is 5.99. The summed E-state index contributed by atoms with van der Waals surface area (Å²) in [5, 5.41) is 12.4. The van der Waals surface area contributed by atoms with Gasteiger partial charge in [0.05, 0.1) is 17.7 Å². The SMILES string of the molecule is Nc1ccccc1C(=O)NC1(CO)CCCC1. The molecule has 4 N–H and O–H groups in total. The molecule has 1 saturated carbocycles. The van der Waals surface area contributed by atoms with Gasteiger partial charge in [-0.2, -0.15) is 0 Å². The molecule has 1 amide bonds. The number of hydrogen-bond acceptors (Lipinski definition) is 3. The van der Waals surface area contributed by atoms with Crippen molar-refractivity contribution < 1.29 is 9.90 Å². The molecule has 0 atom stereocenters. The van der Waals surface area contributed by atoms with Crippen molar-refractivity contribution in [3.8, 4) is 0 Å². The number of anilines is 1. The maximum atomic E-state index is 12.1. The maximum absolute atomic E-state index is 12.1. The minimum Gasteiger partial charge on any atom is -0.398 e. The number of nitrogen functional groups attached to an aromatic ring is 1. The molecule has 0 saturated heterocycles. The van der Waals surface area contributed by atoms with E-state index in [0.717, 1.165) is 25.7 Å². The Morgan fingerprint density at radius 1 is 1.35 bits per heavy atom. The number of hydrogen-bond donors (Lipinski definition) is 3. The van der Waals surface area contributed by atoms with E-state index in [1.807, 2.05) is 0 Å². The molecule has 2 rings (SSSR count). The number of carbonyl (C=O) groups is 1. The first-order chi connectivity index (χ1) is 8.17. The van der Waals surface area contributed by atoms with Crippen molar-refractivity contribution in [3.63, 3.8) is 0 Å². The quantitative estimate of drug-likeness (QED) is 0.690. The van der Waals surface area contributed by atoms with E-state index in [2.05, 4.69) is 5.32 Å². The Morgan fingerprint density at radius 2 is 2.00 bits per heavy atom. The molecule has 0 unspecified atom stereocenters. The lowest BCUT2D eigenvalue weighted by Crippen LogP contribution is -2.49. The van der Waals surface area contributed by atoms with Crippen LogP contribution in [0, 0.1) is 0 Å². The zero-order valence-corrected chi connectivity index (χ0v) is 9.78. The molecule has 1 fully saturated rings. The number of aliphatic hydroxyl groups is 1. The number of aliphatic hydroxyl groups excluding tert-OH is 1. The van der Waals surface area contributed by atoms with Crippen molar-refractivity contribution >= 4 is 11.6 Å². The highest BCUT2D eigenvalue weighted by Gasteiger charge is 2.35. The van der Waals surface area contributed by atoms with Gasteiger partial charge in [0.1, 0.15) is 0 Å². The third kappa shape index (κ3) is 2.42. The Labute approximate surface area is 101 Å². The average molecular weight is 234 g/mol. The van der Waals surface area contributed by atoms with E-state index < -0.39 is 5.54 Å². The molecule has 1 aromatic carbocycles. The largest absolute Gasteiger partial charge is 0.398 e. The fourth-order valence-electron chi connectivity index (χ4n) is 2.39. The molecule has 4 heteroatoms. The minimum atomic E-state index is -0.445. The first-order valence-corrected chi connectivity index (χ1v) is 5.95. The molecule has 17 heavy (non-hydrogen) atoms. The van der Waals surface area contributed by atoms with E-state index in [1.165, 1.54) is 0 Å². The molecule has 0 spiro atoms. The lowest BCUT2D eigenvalue weighted by Gasteiger charge is -2.28. The van der Waals surface area contributed by atoms with Crippen LogP contribution in [-0.2, 0) is 0 Å². The first kappa shape index (κ1) is 11.9. The molecule has 0 heterocycles. The number of para-hydroxylation sites is 1. The molecule has 92 valence electrons. The van der Waals surface area contributed by atoms with Gasteiger partial charge in [0.2, 0.25) is 0 Å². The molecule has 1 aliphatic carbocycles. The Bertz CT molecular complexity index is 412. The number of benzene rings is 1. The average Bonchev–Trinajstić information content (AvgIpc) is 2.79. The molecule has 0 aliphatic heterocycles. The van der Waals surface area contributed by atoms with E-state index >= 15 is 0 Å². The smallest absolute Gasteiger partial charge is 0.253 e. The zero-order valence-electron chi connectivity index (χ0n) is 9.78. The second kappa shape index (κ2) is 4.75. The molecule has 1 aromatic rings. The van der Waals surface area contributed by atoms with Gasteiger partial charge in [0.25, 0.3) is 5.91 Å². The normalized spacial score (nSPS) is 17.9. The summed E-state index contributed by atoms with van der Waals surface area (Å²) in [6, 6.07) is 6.98. The number of nitrogens with two attached hydrogens (primary N) is 1. The summed E-state index contributed by atoms with van der Waals surface area (Å²) >= 11 is 0. The van der Waals surface area contributed by atoms with Crippen LogP contribution in [-0.4, -0.2) is 23.2 Å². The van der Waals surface area contributed by atoms with Gasteiger partial charge in [-0.15, -0.1) is 0 Å². The highest BCUT2D eigenvalue weighted by atomic mass is 16.3. The Morgan fingerprint density at radius 3 is 2.59 bits per heavy atom. The summed E-state index contributed by atoms with van der Waals surface area (Å²) in [6.45, 7) is -0.00845. The number of amides is 1. The Balaban J connectivity index is 2.14. The first-order valence-electron chi connectivity index (χ1n) is 5.95. The molecule has 1 aliphatic rings. The van der Waals surface area contributed by atoms with Gasteiger partial charge < -0.3 is 16.2 Å². The summed E-state index contributed by atoms with van der Waals surface area (Å²) in [5.41, 5.74) is 6.26. The second-order valence-corrected chi connectivity index (χ2v) is 4.69. The molecule has 0 radical (unpaired) electrons. The van der Waals surface area contributed by atoms with Crippen molar-refractivity contribution in [2.45, 2.75) is 31.2 Å². The van der Waals surface area contributed by atoms with E-state index in [0.29, 0.717) is 11.3 Å². The van der Waals surface area contributed by atoms with E-state index in [1.54, 1.807) is 24.3 Å². The van der Waals surface area contributed by atoms with Crippen molar-refractivity contribution in [1.82, 2.24) is 5.32 Å². The maximum Gasteiger partial charge on any atom is 0.253 e. The predicted molar refractivity (Wildman–Crippen MR) is 66.6 cm³/mol. The topological polar surface area (TPSA) is 75.4 Å². The molecule has 0 aromatic heterocycles. The van der Waals surface area contributed by atoms with Crippen LogP contribution in [0.5, 0.6) is 0 Å². The summed E-state index contributed by atoms with van der Waals surface area (Å²) in [6.07, 6.45) is 3.76. The summed E-state index contributed by atoms with van der Waals surface area (Å²) in [5.74, 6) is -0.195. The van der Waals surface area contributed by atoms with Crippen molar-refractivity contribution in [2.75, 3.05) is 12.3 Å². The number of nitrogens with one attached hydrogen (secondary N) is 1. The Kier molecular flexibility index (Phi) is 3.33. The van der Waals surface area contributed by atoms with Crippen molar-refractivity contribution in [3.05, 3.63) is 29.8 Å². The van der Waals surface area contributed by atoms with Crippen LogP contribution in [0.25, 0.3) is 0 Å². The monoisotopic (exact) mass is 234 g/mol. The number of rotatable bonds is 3.